The SMILES string of the molecule is CC(C)[C@@H](C(=O)NC1CCCC1)N(C[C@@H]1CCCO1)C(=O)CNS(=O)(=O)c1ccccc1. The number of sulfonamides is 1. The molecule has 2 atom stereocenters. The number of hydrogen-bond donors (Lipinski definition) is 2. The minimum atomic E-state index is -3.83. The fourth-order valence-electron chi connectivity index (χ4n) is 4.48. The van der Waals surface area contributed by atoms with Gasteiger partial charge >= 0.3 is 0 Å². The average Bonchev–Trinajstić information content (AvgIpc) is 3.46. The molecule has 1 aromatic carbocycles. The molecule has 2 fully saturated rings. The Balaban J connectivity index is 1.74. The van der Waals surface area contributed by atoms with E-state index in [1.54, 1.807) is 18.2 Å². The minimum absolute atomic E-state index is 0.0952. The fraction of sp³-hybridized carbons (Fsp3) is 0.652. The maximum absolute atomic E-state index is 13.3. The van der Waals surface area contributed by atoms with Crippen LogP contribution in [0.3, 0.4) is 0 Å². The molecular formula is C23H35N3O5S. The Morgan fingerprint density at radius 2 is 1.78 bits per heavy atom. The highest BCUT2D eigenvalue weighted by Crippen LogP contribution is 2.21. The van der Waals surface area contributed by atoms with Gasteiger partial charge in [0.2, 0.25) is 21.8 Å². The summed E-state index contributed by atoms with van der Waals surface area (Å²) >= 11 is 0. The van der Waals surface area contributed by atoms with Crippen LogP contribution >= 0.6 is 0 Å². The smallest absolute Gasteiger partial charge is 0.243 e. The Morgan fingerprint density at radius 3 is 2.38 bits per heavy atom. The quantitative estimate of drug-likeness (QED) is 0.550. The van der Waals surface area contributed by atoms with Gasteiger partial charge < -0.3 is 15.0 Å². The molecule has 2 amide bonds. The Morgan fingerprint density at radius 1 is 1.09 bits per heavy atom. The molecule has 0 bridgehead atoms. The third-order valence-electron chi connectivity index (χ3n) is 6.15. The van der Waals surface area contributed by atoms with E-state index in [1.165, 1.54) is 17.0 Å². The van der Waals surface area contributed by atoms with Crippen molar-refractivity contribution < 1.29 is 22.7 Å². The Kier molecular flexibility index (Phi) is 8.67. The lowest BCUT2D eigenvalue weighted by molar-refractivity contribution is -0.143. The molecule has 1 heterocycles. The minimum Gasteiger partial charge on any atom is -0.376 e. The Bertz CT molecular complexity index is 863. The van der Waals surface area contributed by atoms with E-state index >= 15 is 0 Å². The van der Waals surface area contributed by atoms with Gasteiger partial charge in [-0.3, -0.25) is 9.59 Å². The topological polar surface area (TPSA) is 105 Å². The molecule has 8 nitrogen and oxygen atoms in total. The first-order chi connectivity index (χ1) is 15.3. The third-order valence-corrected chi connectivity index (χ3v) is 7.57. The molecule has 2 N–H and O–H groups in total. The highest BCUT2D eigenvalue weighted by atomic mass is 32.2. The van der Waals surface area contributed by atoms with Crippen molar-refractivity contribution in [2.24, 2.45) is 5.92 Å². The lowest BCUT2D eigenvalue weighted by atomic mass is 9.99. The molecule has 0 spiro atoms. The number of nitrogens with one attached hydrogen (secondary N) is 2. The monoisotopic (exact) mass is 465 g/mol. The molecule has 1 saturated heterocycles. The largest absolute Gasteiger partial charge is 0.376 e. The van der Waals surface area contributed by atoms with Crippen LogP contribution in [-0.2, 0) is 24.3 Å². The second-order valence-corrected chi connectivity index (χ2v) is 10.8. The maximum Gasteiger partial charge on any atom is 0.243 e. The predicted molar refractivity (Wildman–Crippen MR) is 121 cm³/mol. The standard InChI is InChI=1S/C23H35N3O5S/c1-17(2)22(23(28)25-18-9-6-7-10-18)26(16-19-11-8-14-31-19)21(27)15-24-32(29,30)20-12-4-3-5-13-20/h3-5,12-13,17-19,22,24H,6-11,14-16H2,1-2H3,(H,25,28)/t19-,22-/m0/s1. The van der Waals surface area contributed by atoms with Gasteiger partial charge in [-0.25, -0.2) is 13.1 Å². The lowest BCUT2D eigenvalue weighted by Crippen LogP contribution is -2.57. The van der Waals surface area contributed by atoms with Gasteiger partial charge in [0.1, 0.15) is 6.04 Å². The summed E-state index contributed by atoms with van der Waals surface area (Å²) in [6.07, 6.45) is 5.67. The third kappa shape index (κ3) is 6.52. The van der Waals surface area contributed by atoms with E-state index in [9.17, 15) is 18.0 Å². The van der Waals surface area contributed by atoms with Crippen LogP contribution in [0, 0.1) is 5.92 Å². The number of carbonyl (C=O) groups excluding carboxylic acids is 2. The molecule has 0 aromatic heterocycles. The van der Waals surface area contributed by atoms with Crippen molar-refractivity contribution in [1.29, 1.82) is 0 Å². The average molecular weight is 466 g/mol. The lowest BCUT2D eigenvalue weighted by Gasteiger charge is -2.35. The van der Waals surface area contributed by atoms with Gasteiger partial charge in [-0.15, -0.1) is 0 Å². The van der Waals surface area contributed by atoms with Crippen molar-refractivity contribution in [2.45, 2.75) is 75.5 Å². The van der Waals surface area contributed by atoms with Crippen LogP contribution in [0.15, 0.2) is 35.2 Å². The van der Waals surface area contributed by atoms with Gasteiger partial charge in [0, 0.05) is 19.2 Å². The zero-order valence-electron chi connectivity index (χ0n) is 19.0. The van der Waals surface area contributed by atoms with Gasteiger partial charge in [0.15, 0.2) is 0 Å². The summed E-state index contributed by atoms with van der Waals surface area (Å²) in [5, 5.41) is 3.11. The maximum atomic E-state index is 13.3. The Hall–Kier alpha value is -1.97. The van der Waals surface area contributed by atoms with E-state index in [2.05, 4.69) is 10.0 Å². The summed E-state index contributed by atoms with van der Waals surface area (Å²) in [5.74, 6) is -0.739. The second-order valence-electron chi connectivity index (χ2n) is 9.00. The van der Waals surface area contributed by atoms with E-state index < -0.39 is 28.5 Å². The number of hydrogen-bond acceptors (Lipinski definition) is 5. The summed E-state index contributed by atoms with van der Waals surface area (Å²) in [7, 11) is -3.83. The van der Waals surface area contributed by atoms with Crippen LogP contribution in [-0.4, -0.2) is 63.0 Å². The molecule has 9 heteroatoms. The van der Waals surface area contributed by atoms with Crippen LogP contribution in [0.1, 0.15) is 52.4 Å². The highest BCUT2D eigenvalue weighted by Gasteiger charge is 2.36. The summed E-state index contributed by atoms with van der Waals surface area (Å²) in [5.41, 5.74) is 0. The molecule has 1 aliphatic heterocycles. The summed E-state index contributed by atoms with van der Waals surface area (Å²) in [4.78, 5) is 28.1. The van der Waals surface area contributed by atoms with Gasteiger partial charge in [-0.2, -0.15) is 0 Å². The molecule has 1 aromatic rings. The molecule has 1 aliphatic carbocycles. The van der Waals surface area contributed by atoms with E-state index in [-0.39, 0.29) is 35.4 Å². The first-order valence-corrected chi connectivity index (χ1v) is 13.0. The zero-order valence-corrected chi connectivity index (χ0v) is 19.8. The number of benzene rings is 1. The number of ether oxygens (including phenoxy) is 1. The van der Waals surface area contributed by atoms with Crippen molar-refractivity contribution >= 4 is 21.8 Å². The van der Waals surface area contributed by atoms with Crippen molar-refractivity contribution in [2.75, 3.05) is 19.7 Å². The summed E-state index contributed by atoms with van der Waals surface area (Å²) in [6.45, 7) is 4.30. The van der Waals surface area contributed by atoms with Gasteiger partial charge in [-0.05, 0) is 43.7 Å². The van der Waals surface area contributed by atoms with E-state index in [1.807, 2.05) is 13.8 Å². The van der Waals surface area contributed by atoms with Crippen LogP contribution < -0.4 is 10.0 Å². The predicted octanol–water partition coefficient (Wildman–Crippen LogP) is 2.06. The molecular weight excluding hydrogens is 430 g/mol. The van der Waals surface area contributed by atoms with Gasteiger partial charge in [-0.1, -0.05) is 44.9 Å². The van der Waals surface area contributed by atoms with E-state index in [0.717, 1.165) is 38.5 Å². The normalized spacial score (nSPS) is 20.4. The molecule has 3 rings (SSSR count). The summed E-state index contributed by atoms with van der Waals surface area (Å²) < 4.78 is 33.3. The van der Waals surface area contributed by atoms with Crippen LogP contribution in [0.25, 0.3) is 0 Å². The van der Waals surface area contributed by atoms with Crippen LogP contribution in [0.4, 0.5) is 0 Å². The van der Waals surface area contributed by atoms with E-state index in [0.29, 0.717) is 6.61 Å². The Labute approximate surface area is 191 Å². The summed E-state index contributed by atoms with van der Waals surface area (Å²) in [6, 6.07) is 7.38. The molecule has 32 heavy (non-hydrogen) atoms. The first kappa shape index (κ1) is 24.7. The number of amides is 2. The van der Waals surface area contributed by atoms with Crippen LogP contribution in [0.5, 0.6) is 0 Å². The molecule has 0 radical (unpaired) electrons. The van der Waals surface area contributed by atoms with Crippen LogP contribution in [0.2, 0.25) is 0 Å². The first-order valence-electron chi connectivity index (χ1n) is 11.5. The van der Waals surface area contributed by atoms with Gasteiger partial charge in [0.25, 0.3) is 0 Å². The number of carbonyl (C=O) groups is 2. The molecule has 2 aliphatic rings. The molecule has 0 unspecified atom stereocenters. The highest BCUT2D eigenvalue weighted by molar-refractivity contribution is 7.89. The van der Waals surface area contributed by atoms with Crippen molar-refractivity contribution in [1.82, 2.24) is 14.9 Å². The van der Waals surface area contributed by atoms with Crippen molar-refractivity contribution in [3.63, 3.8) is 0 Å². The van der Waals surface area contributed by atoms with Gasteiger partial charge in [0.05, 0.1) is 17.5 Å². The number of nitrogens with zero attached hydrogens (tertiary/aromatic N) is 1. The molecule has 178 valence electrons. The zero-order chi connectivity index (χ0) is 23.1. The number of rotatable bonds is 10. The second kappa shape index (κ2) is 11.2. The fourth-order valence-corrected chi connectivity index (χ4v) is 5.48. The van der Waals surface area contributed by atoms with Crippen molar-refractivity contribution in [3.05, 3.63) is 30.3 Å². The van der Waals surface area contributed by atoms with Crippen molar-refractivity contribution in [3.8, 4) is 0 Å². The van der Waals surface area contributed by atoms with E-state index in [4.69, 9.17) is 4.74 Å². The molecule has 1 saturated carbocycles.